The Bertz CT molecular complexity index is 1340. The number of rotatable bonds is 8. The zero-order valence-electron chi connectivity index (χ0n) is 18.9. The highest BCUT2D eigenvalue weighted by atomic mass is 32.1. The van der Waals surface area contributed by atoms with Gasteiger partial charge in [0.05, 0.1) is 17.3 Å². The van der Waals surface area contributed by atoms with Crippen molar-refractivity contribution in [1.82, 2.24) is 4.98 Å². The van der Waals surface area contributed by atoms with Gasteiger partial charge in [-0.25, -0.2) is 9.78 Å². The highest BCUT2D eigenvalue weighted by Crippen LogP contribution is 2.43. The molecule has 1 aliphatic rings. The van der Waals surface area contributed by atoms with E-state index in [1.54, 1.807) is 37.3 Å². The van der Waals surface area contributed by atoms with Crippen LogP contribution in [0.4, 0.5) is 5.13 Å². The third-order valence-electron chi connectivity index (χ3n) is 5.32. The number of thiazole rings is 1. The number of aromatic nitrogens is 1. The summed E-state index contributed by atoms with van der Waals surface area (Å²) in [6, 6.07) is 17.2. The van der Waals surface area contributed by atoms with Crippen LogP contribution in [0.5, 0.6) is 0 Å². The van der Waals surface area contributed by atoms with Crippen LogP contribution in [0.1, 0.15) is 32.5 Å². The molecule has 0 spiro atoms. The number of hydrogen-bond donors (Lipinski definition) is 1. The Labute approximate surface area is 206 Å². The van der Waals surface area contributed by atoms with E-state index in [0.29, 0.717) is 11.3 Å². The second kappa shape index (κ2) is 10.3. The Morgan fingerprint density at radius 1 is 1.14 bits per heavy atom. The molecule has 1 aromatic heterocycles. The van der Waals surface area contributed by atoms with E-state index >= 15 is 0 Å². The number of benzene rings is 2. The van der Waals surface area contributed by atoms with Crippen molar-refractivity contribution in [2.75, 3.05) is 11.5 Å². The summed E-state index contributed by atoms with van der Waals surface area (Å²) in [5.74, 6) is -2.51. The number of aryl methyl sites for hydroxylation is 1. The fourth-order valence-corrected chi connectivity index (χ4v) is 4.69. The molecule has 2 aromatic carbocycles. The van der Waals surface area contributed by atoms with Crippen molar-refractivity contribution in [2.24, 2.45) is 0 Å². The molecule has 2 heterocycles. The number of carbonyl (C=O) groups is 3. The quantitative estimate of drug-likeness (QED) is 0.274. The average Bonchev–Trinajstić information content (AvgIpc) is 3.39. The van der Waals surface area contributed by atoms with Crippen LogP contribution in [0, 0.1) is 6.92 Å². The molecule has 1 atom stereocenters. The smallest absolute Gasteiger partial charge is 0.350 e. The molecule has 7 nitrogen and oxygen atoms in total. The summed E-state index contributed by atoms with van der Waals surface area (Å²) in [5, 5.41) is 11.0. The summed E-state index contributed by atoms with van der Waals surface area (Å²) >= 11 is 0.962. The molecule has 176 valence electrons. The minimum absolute atomic E-state index is 0.0372. The summed E-state index contributed by atoms with van der Waals surface area (Å²) in [4.78, 5) is 44.8. The second-order valence-corrected chi connectivity index (χ2v) is 8.63. The van der Waals surface area contributed by atoms with Crippen molar-refractivity contribution in [3.8, 4) is 0 Å². The maximum absolute atomic E-state index is 13.2. The monoisotopic (exact) mass is 486 g/mol. The van der Waals surface area contributed by atoms with Gasteiger partial charge in [0, 0.05) is 0 Å². The Kier molecular flexibility index (Phi) is 7.03. The van der Waals surface area contributed by atoms with Gasteiger partial charge in [-0.05, 0) is 24.1 Å². The Morgan fingerprint density at radius 3 is 2.46 bits per heavy atom. The normalized spacial score (nSPS) is 15.6. The molecular weight excluding hydrogens is 464 g/mol. The Morgan fingerprint density at radius 2 is 1.80 bits per heavy atom. The lowest BCUT2D eigenvalue weighted by atomic mass is 9.96. The molecule has 35 heavy (non-hydrogen) atoms. The molecular formula is C27H22N2O5S. The van der Waals surface area contributed by atoms with Crippen LogP contribution >= 0.6 is 11.3 Å². The zero-order chi connectivity index (χ0) is 24.9. The fraction of sp³-hybridized carbons (Fsp3) is 0.111. The molecule has 0 aliphatic carbocycles. The van der Waals surface area contributed by atoms with Crippen LogP contribution in [-0.2, 0) is 14.3 Å². The lowest BCUT2D eigenvalue weighted by molar-refractivity contribution is -0.117. The van der Waals surface area contributed by atoms with Crippen LogP contribution in [0.2, 0.25) is 0 Å². The van der Waals surface area contributed by atoms with E-state index in [9.17, 15) is 19.5 Å². The number of nitrogens with zero attached hydrogens (tertiary/aromatic N) is 2. The van der Waals surface area contributed by atoms with Gasteiger partial charge >= 0.3 is 5.97 Å². The van der Waals surface area contributed by atoms with Gasteiger partial charge in [-0.3, -0.25) is 14.5 Å². The molecule has 3 aromatic rings. The van der Waals surface area contributed by atoms with E-state index in [2.05, 4.69) is 11.6 Å². The number of carbonyl (C=O) groups excluding carboxylic acids is 3. The van der Waals surface area contributed by atoms with Crippen LogP contribution in [0.15, 0.2) is 90.7 Å². The lowest BCUT2D eigenvalue weighted by Gasteiger charge is -2.24. The molecule has 8 heteroatoms. The van der Waals surface area contributed by atoms with Crippen molar-refractivity contribution in [3.63, 3.8) is 0 Å². The van der Waals surface area contributed by atoms with Crippen molar-refractivity contribution >= 4 is 40.2 Å². The number of aliphatic hydroxyl groups is 1. The van der Waals surface area contributed by atoms with Gasteiger partial charge in [-0.15, -0.1) is 0 Å². The zero-order valence-corrected chi connectivity index (χ0v) is 19.7. The van der Waals surface area contributed by atoms with Crippen molar-refractivity contribution < 1.29 is 24.2 Å². The van der Waals surface area contributed by atoms with Gasteiger partial charge in [0.1, 0.15) is 11.5 Å². The topological polar surface area (TPSA) is 96.8 Å². The molecule has 4 rings (SSSR count). The standard InChI is InChI=1S/C27H22N2O5S/c1-3-16-34-26(33)24-17(2)28-27(35-24)29-22(19-12-8-5-9-13-19)21(23(31)25(29)32)20(30)15-14-18-10-6-4-7-11-18/h3-15,22,31H,1,16H2,2H3/b15-14+. The molecule has 0 saturated heterocycles. The van der Waals surface area contributed by atoms with Crippen LogP contribution < -0.4 is 4.90 Å². The number of hydrogen-bond acceptors (Lipinski definition) is 7. The van der Waals surface area contributed by atoms with Crippen LogP contribution in [0.3, 0.4) is 0 Å². The predicted molar refractivity (Wildman–Crippen MR) is 134 cm³/mol. The van der Waals surface area contributed by atoms with E-state index in [1.807, 2.05) is 36.4 Å². The molecule has 1 aliphatic heterocycles. The second-order valence-electron chi connectivity index (χ2n) is 7.66. The number of allylic oxidation sites excluding steroid dienone is 1. The van der Waals surface area contributed by atoms with Crippen molar-refractivity contribution in [2.45, 2.75) is 13.0 Å². The number of amides is 1. The molecule has 0 fully saturated rings. The largest absolute Gasteiger partial charge is 0.503 e. The summed E-state index contributed by atoms with van der Waals surface area (Å²) in [7, 11) is 0. The first kappa shape index (κ1) is 23.8. The van der Waals surface area contributed by atoms with Gasteiger partial charge < -0.3 is 9.84 Å². The number of aliphatic hydroxyl groups excluding tert-OH is 1. The summed E-state index contributed by atoms with van der Waals surface area (Å²) in [5.41, 5.74) is 1.74. The third-order valence-corrected chi connectivity index (χ3v) is 6.46. The first-order valence-corrected chi connectivity index (χ1v) is 11.6. The summed E-state index contributed by atoms with van der Waals surface area (Å²) in [6.07, 6.45) is 4.41. The first-order valence-electron chi connectivity index (χ1n) is 10.8. The number of anilines is 1. The fourth-order valence-electron chi connectivity index (χ4n) is 3.71. The van der Waals surface area contributed by atoms with Crippen molar-refractivity contribution in [3.05, 3.63) is 112 Å². The summed E-state index contributed by atoms with van der Waals surface area (Å²) in [6.45, 7) is 5.19. The molecule has 1 amide bonds. The minimum atomic E-state index is -0.917. The van der Waals surface area contributed by atoms with Crippen LogP contribution in [0.25, 0.3) is 6.08 Å². The van der Waals surface area contributed by atoms with E-state index in [0.717, 1.165) is 16.9 Å². The maximum Gasteiger partial charge on any atom is 0.350 e. The molecule has 0 saturated carbocycles. The van der Waals surface area contributed by atoms with Crippen molar-refractivity contribution in [1.29, 1.82) is 0 Å². The highest BCUT2D eigenvalue weighted by molar-refractivity contribution is 7.17. The van der Waals surface area contributed by atoms with Gasteiger partial charge in [-0.1, -0.05) is 90.7 Å². The van der Waals surface area contributed by atoms with E-state index < -0.39 is 29.5 Å². The number of esters is 1. The van der Waals surface area contributed by atoms with Gasteiger partial charge in [-0.2, -0.15) is 0 Å². The highest BCUT2D eigenvalue weighted by Gasteiger charge is 2.45. The predicted octanol–water partition coefficient (Wildman–Crippen LogP) is 4.98. The molecule has 1 unspecified atom stereocenters. The average molecular weight is 487 g/mol. The van der Waals surface area contributed by atoms with E-state index in [-0.39, 0.29) is 22.2 Å². The van der Waals surface area contributed by atoms with Gasteiger partial charge in [0.15, 0.2) is 16.7 Å². The molecule has 0 radical (unpaired) electrons. The van der Waals surface area contributed by atoms with E-state index in [4.69, 9.17) is 4.74 Å². The molecule has 1 N–H and O–H groups in total. The Balaban J connectivity index is 1.75. The summed E-state index contributed by atoms with van der Waals surface area (Å²) < 4.78 is 5.11. The number of ketones is 1. The third kappa shape index (κ3) is 4.83. The van der Waals surface area contributed by atoms with Gasteiger partial charge in [0.25, 0.3) is 5.91 Å². The Hall–Kier alpha value is -4.30. The molecule has 0 bridgehead atoms. The number of ether oxygens (including phenoxy) is 1. The maximum atomic E-state index is 13.2. The SMILES string of the molecule is C=CCOC(=O)c1sc(N2C(=O)C(O)=C(C(=O)/C=C/c3ccccc3)C2c2ccccc2)nc1C. The van der Waals surface area contributed by atoms with Crippen LogP contribution in [-0.4, -0.2) is 34.4 Å². The minimum Gasteiger partial charge on any atom is -0.503 e. The lowest BCUT2D eigenvalue weighted by Crippen LogP contribution is -2.30. The van der Waals surface area contributed by atoms with Gasteiger partial charge in [0.2, 0.25) is 0 Å². The first-order chi connectivity index (χ1) is 16.9. The van der Waals surface area contributed by atoms with E-state index in [1.165, 1.54) is 17.1 Å².